The van der Waals surface area contributed by atoms with Crippen LogP contribution in [0.5, 0.6) is 5.75 Å². The van der Waals surface area contributed by atoms with E-state index in [1.807, 2.05) is 5.38 Å². The van der Waals surface area contributed by atoms with Gasteiger partial charge in [0.05, 0.1) is 5.69 Å². The van der Waals surface area contributed by atoms with Gasteiger partial charge in [-0.1, -0.05) is 0 Å². The van der Waals surface area contributed by atoms with E-state index in [4.69, 9.17) is 4.74 Å². The third-order valence-corrected chi connectivity index (χ3v) is 5.66. The van der Waals surface area contributed by atoms with Crippen LogP contribution in [-0.4, -0.2) is 57.4 Å². The monoisotopic (exact) mass is 416 g/mol. The van der Waals surface area contributed by atoms with Gasteiger partial charge in [-0.25, -0.2) is 9.37 Å². The van der Waals surface area contributed by atoms with E-state index in [2.05, 4.69) is 9.88 Å². The molecule has 1 atom stereocenters. The highest BCUT2D eigenvalue weighted by atomic mass is 32.1. The Hall–Kier alpha value is -2.78. The van der Waals surface area contributed by atoms with Crippen LogP contribution >= 0.6 is 11.3 Å². The Morgan fingerprint density at radius 2 is 1.97 bits per heavy atom. The topological polar surface area (TPSA) is 67.2 Å². The lowest BCUT2D eigenvalue weighted by Gasteiger charge is -2.35. The zero-order chi connectivity index (χ0) is 20.4. The van der Waals surface area contributed by atoms with Crippen LogP contribution in [-0.2, 0) is 11.3 Å². The smallest absolute Gasteiger partial charge is 0.263 e. The number of ether oxygens (including phenoxy) is 1. The maximum atomic E-state index is 13.0. The molecular weight excluding hydrogens is 395 g/mol. The molecule has 0 bridgehead atoms. The predicted molar refractivity (Wildman–Crippen MR) is 108 cm³/mol. The number of carbonyl (C=O) groups is 1. The van der Waals surface area contributed by atoms with Crippen molar-refractivity contribution in [3.63, 3.8) is 0 Å². The summed E-state index contributed by atoms with van der Waals surface area (Å²) >= 11 is 1.43. The molecule has 29 heavy (non-hydrogen) atoms. The predicted octanol–water partition coefficient (Wildman–Crippen LogP) is 2.01. The summed E-state index contributed by atoms with van der Waals surface area (Å²) in [5.74, 6) is 0.0282. The van der Waals surface area contributed by atoms with E-state index < -0.39 is 6.10 Å². The molecule has 0 saturated carbocycles. The van der Waals surface area contributed by atoms with Gasteiger partial charge in [-0.05, 0) is 31.2 Å². The Morgan fingerprint density at radius 1 is 1.24 bits per heavy atom. The number of aromatic nitrogens is 2. The van der Waals surface area contributed by atoms with Crippen LogP contribution in [0.15, 0.2) is 46.7 Å². The number of hydrogen-bond acceptors (Lipinski definition) is 6. The number of piperazine rings is 1. The molecule has 0 spiro atoms. The Balaban J connectivity index is 1.31. The van der Waals surface area contributed by atoms with Crippen LogP contribution in [0.25, 0.3) is 4.96 Å². The lowest BCUT2D eigenvalue weighted by Crippen LogP contribution is -2.51. The largest absolute Gasteiger partial charge is 0.481 e. The average Bonchev–Trinajstić information content (AvgIpc) is 3.19. The first-order chi connectivity index (χ1) is 14.0. The second kappa shape index (κ2) is 8.30. The van der Waals surface area contributed by atoms with Gasteiger partial charge in [-0.3, -0.25) is 18.9 Å². The molecule has 2 aromatic heterocycles. The number of rotatable bonds is 5. The molecule has 1 saturated heterocycles. The Labute approximate surface area is 171 Å². The Morgan fingerprint density at radius 3 is 2.69 bits per heavy atom. The van der Waals surface area contributed by atoms with E-state index in [0.717, 1.165) is 5.69 Å². The van der Waals surface area contributed by atoms with Gasteiger partial charge in [0, 0.05) is 50.4 Å². The zero-order valence-corrected chi connectivity index (χ0v) is 16.8. The maximum absolute atomic E-state index is 13.0. The summed E-state index contributed by atoms with van der Waals surface area (Å²) in [6, 6.07) is 7.20. The first kappa shape index (κ1) is 19.5. The Bertz CT molecular complexity index is 1060. The van der Waals surface area contributed by atoms with Gasteiger partial charge in [0.25, 0.3) is 11.5 Å². The highest BCUT2D eigenvalue weighted by Crippen LogP contribution is 2.15. The molecule has 0 aliphatic carbocycles. The third kappa shape index (κ3) is 4.46. The summed E-state index contributed by atoms with van der Waals surface area (Å²) in [7, 11) is 0. The Kier molecular flexibility index (Phi) is 5.59. The van der Waals surface area contributed by atoms with Crippen molar-refractivity contribution in [2.75, 3.05) is 26.2 Å². The fourth-order valence-corrected chi connectivity index (χ4v) is 4.09. The van der Waals surface area contributed by atoms with Crippen molar-refractivity contribution in [2.24, 2.45) is 0 Å². The summed E-state index contributed by atoms with van der Waals surface area (Å²) in [4.78, 5) is 33.9. The van der Waals surface area contributed by atoms with Crippen LogP contribution in [0.1, 0.15) is 12.6 Å². The quantitative estimate of drug-likeness (QED) is 0.637. The lowest BCUT2D eigenvalue weighted by molar-refractivity contribution is -0.139. The molecule has 152 valence electrons. The van der Waals surface area contributed by atoms with Gasteiger partial charge in [0.2, 0.25) is 0 Å². The normalized spacial score (nSPS) is 16.1. The van der Waals surface area contributed by atoms with Gasteiger partial charge in [0.15, 0.2) is 11.1 Å². The minimum Gasteiger partial charge on any atom is -0.481 e. The van der Waals surface area contributed by atoms with Gasteiger partial charge < -0.3 is 9.64 Å². The summed E-state index contributed by atoms with van der Waals surface area (Å²) in [5, 5.41) is 1.84. The SMILES string of the molecule is CC(Oc1ccc(F)cc1)C(=O)N1CCN(Cc2cc(=O)n3ccsc3n2)CC1. The summed E-state index contributed by atoms with van der Waals surface area (Å²) in [6.45, 7) is 4.83. The molecule has 1 aromatic carbocycles. The van der Waals surface area contributed by atoms with Crippen molar-refractivity contribution in [1.29, 1.82) is 0 Å². The van der Waals surface area contributed by atoms with E-state index in [0.29, 0.717) is 43.4 Å². The molecular formula is C20H21FN4O3S. The van der Waals surface area contributed by atoms with Gasteiger partial charge in [-0.2, -0.15) is 0 Å². The van der Waals surface area contributed by atoms with Crippen LogP contribution in [0.2, 0.25) is 0 Å². The lowest BCUT2D eigenvalue weighted by atomic mass is 10.2. The number of benzene rings is 1. The van der Waals surface area contributed by atoms with Crippen molar-refractivity contribution in [3.05, 3.63) is 63.8 Å². The molecule has 1 fully saturated rings. The van der Waals surface area contributed by atoms with E-state index in [-0.39, 0.29) is 17.3 Å². The fraction of sp³-hybridized carbons (Fsp3) is 0.350. The van der Waals surface area contributed by atoms with E-state index in [9.17, 15) is 14.0 Å². The number of halogens is 1. The standard InChI is InChI=1S/C20H21FN4O3S/c1-14(28-17-4-2-15(21)3-5-17)19(27)24-8-6-23(7-9-24)13-16-12-18(26)25-10-11-29-20(25)22-16/h2-5,10-12,14H,6-9,13H2,1H3. The highest BCUT2D eigenvalue weighted by Gasteiger charge is 2.26. The number of hydrogen-bond donors (Lipinski definition) is 0. The molecule has 1 amide bonds. The maximum Gasteiger partial charge on any atom is 0.263 e. The van der Waals surface area contributed by atoms with Crippen molar-refractivity contribution in [3.8, 4) is 5.75 Å². The third-order valence-electron chi connectivity index (χ3n) is 4.90. The van der Waals surface area contributed by atoms with Crippen LogP contribution in [0.4, 0.5) is 4.39 Å². The highest BCUT2D eigenvalue weighted by molar-refractivity contribution is 7.15. The number of amides is 1. The van der Waals surface area contributed by atoms with Crippen molar-refractivity contribution in [1.82, 2.24) is 19.2 Å². The van der Waals surface area contributed by atoms with Gasteiger partial charge in [-0.15, -0.1) is 11.3 Å². The minimum atomic E-state index is -0.644. The molecule has 3 aromatic rings. The second-order valence-corrected chi connectivity index (χ2v) is 7.83. The van der Waals surface area contributed by atoms with Gasteiger partial charge >= 0.3 is 0 Å². The number of fused-ring (bicyclic) bond motifs is 1. The van der Waals surface area contributed by atoms with Crippen molar-refractivity contribution >= 4 is 22.2 Å². The van der Waals surface area contributed by atoms with Crippen LogP contribution in [0.3, 0.4) is 0 Å². The van der Waals surface area contributed by atoms with Gasteiger partial charge in [0.1, 0.15) is 11.6 Å². The molecule has 1 unspecified atom stereocenters. The van der Waals surface area contributed by atoms with Crippen LogP contribution < -0.4 is 10.3 Å². The number of nitrogens with zero attached hydrogens (tertiary/aromatic N) is 4. The van der Waals surface area contributed by atoms with E-state index in [1.165, 1.54) is 40.0 Å². The molecule has 7 nitrogen and oxygen atoms in total. The summed E-state index contributed by atoms with van der Waals surface area (Å²) in [5.41, 5.74) is 0.664. The molecule has 0 radical (unpaired) electrons. The molecule has 1 aliphatic heterocycles. The molecule has 4 rings (SSSR count). The fourth-order valence-electron chi connectivity index (χ4n) is 3.35. The first-order valence-corrected chi connectivity index (χ1v) is 10.3. The molecule has 1 aliphatic rings. The number of carbonyl (C=O) groups excluding carboxylic acids is 1. The molecule has 9 heteroatoms. The zero-order valence-electron chi connectivity index (χ0n) is 16.0. The average molecular weight is 416 g/mol. The van der Waals surface area contributed by atoms with Crippen molar-refractivity contribution < 1.29 is 13.9 Å². The minimum absolute atomic E-state index is 0.0770. The first-order valence-electron chi connectivity index (χ1n) is 9.39. The summed E-state index contributed by atoms with van der Waals surface area (Å²) < 4.78 is 20.2. The van der Waals surface area contributed by atoms with E-state index >= 15 is 0 Å². The second-order valence-electron chi connectivity index (χ2n) is 6.96. The van der Waals surface area contributed by atoms with E-state index in [1.54, 1.807) is 24.1 Å². The number of thiazole rings is 1. The summed E-state index contributed by atoms with van der Waals surface area (Å²) in [6.07, 6.45) is 1.08. The molecule has 0 N–H and O–H groups in total. The molecule has 3 heterocycles. The van der Waals surface area contributed by atoms with Crippen molar-refractivity contribution in [2.45, 2.75) is 19.6 Å². The van der Waals surface area contributed by atoms with Crippen LogP contribution in [0, 0.1) is 5.82 Å².